The van der Waals surface area contributed by atoms with Gasteiger partial charge in [-0.25, -0.2) is 9.78 Å². The number of nitrogens with zero attached hydrogens (tertiary/aromatic N) is 1. The molecule has 1 N–H and O–H groups in total. The minimum atomic E-state index is -0.945. The number of carboxylic acid groups (broad SMARTS) is 1. The van der Waals surface area contributed by atoms with Gasteiger partial charge in [0, 0.05) is 11.1 Å². The minimum Gasteiger partial charge on any atom is -0.478 e. The third-order valence-electron chi connectivity index (χ3n) is 6.02. The monoisotopic (exact) mass is 375 g/mol. The van der Waals surface area contributed by atoms with Crippen molar-refractivity contribution in [1.82, 2.24) is 4.98 Å². The van der Waals surface area contributed by atoms with Gasteiger partial charge in [-0.05, 0) is 65.1 Å². The van der Waals surface area contributed by atoms with Crippen LogP contribution in [0.1, 0.15) is 62.0 Å². The lowest BCUT2D eigenvalue weighted by Gasteiger charge is -2.42. The normalized spacial score (nSPS) is 17.1. The van der Waals surface area contributed by atoms with Crippen LogP contribution >= 0.6 is 0 Å². The molecule has 1 aliphatic carbocycles. The average Bonchev–Trinajstić information content (AvgIpc) is 3.15. The van der Waals surface area contributed by atoms with Crippen LogP contribution in [0.2, 0.25) is 0 Å². The van der Waals surface area contributed by atoms with Crippen LogP contribution < -0.4 is 0 Å². The van der Waals surface area contributed by atoms with E-state index in [-0.39, 0.29) is 16.4 Å². The van der Waals surface area contributed by atoms with Crippen LogP contribution in [0.15, 0.2) is 53.1 Å². The number of aromatic nitrogens is 1. The van der Waals surface area contributed by atoms with Gasteiger partial charge in [-0.15, -0.1) is 0 Å². The van der Waals surface area contributed by atoms with Crippen molar-refractivity contribution < 1.29 is 14.3 Å². The van der Waals surface area contributed by atoms with Gasteiger partial charge in [0.25, 0.3) is 0 Å². The first-order valence-corrected chi connectivity index (χ1v) is 9.62. The Balaban J connectivity index is 1.71. The summed E-state index contributed by atoms with van der Waals surface area (Å²) in [5, 5.41) is 9.04. The Morgan fingerprint density at radius 3 is 2.18 bits per heavy atom. The number of aromatic carboxylic acids is 1. The number of carbonyl (C=O) groups is 1. The number of hydrogen-bond acceptors (Lipinski definition) is 3. The Hall–Kier alpha value is -2.88. The largest absolute Gasteiger partial charge is 0.478 e. The maximum Gasteiger partial charge on any atom is 0.335 e. The Morgan fingerprint density at radius 2 is 1.54 bits per heavy atom. The van der Waals surface area contributed by atoms with Gasteiger partial charge in [-0.3, -0.25) is 0 Å². The van der Waals surface area contributed by atoms with Crippen LogP contribution in [-0.2, 0) is 10.8 Å². The maximum atomic E-state index is 11.0. The standard InChI is InChI=1S/C24H25NO3/c1-23(2)11-12-24(3,4)19-13-17(9-10-18(19)23)20-14-25-21(28-20)15-5-7-16(8-6-15)22(26)27/h5-10,13-14H,11-12H2,1-4H3,(H,26,27). The molecule has 0 saturated heterocycles. The van der Waals surface area contributed by atoms with Crippen molar-refractivity contribution >= 4 is 5.97 Å². The Morgan fingerprint density at radius 1 is 0.929 bits per heavy atom. The van der Waals surface area contributed by atoms with Crippen LogP contribution in [0.3, 0.4) is 0 Å². The van der Waals surface area contributed by atoms with Crippen LogP contribution in [-0.4, -0.2) is 16.1 Å². The van der Waals surface area contributed by atoms with E-state index in [0.717, 1.165) is 23.3 Å². The van der Waals surface area contributed by atoms with Crippen molar-refractivity contribution in [3.63, 3.8) is 0 Å². The lowest BCUT2D eigenvalue weighted by Crippen LogP contribution is -2.33. The Labute approximate surface area is 165 Å². The number of rotatable bonds is 3. The number of fused-ring (bicyclic) bond motifs is 1. The Bertz CT molecular complexity index is 1040. The molecule has 0 spiro atoms. The van der Waals surface area contributed by atoms with E-state index in [9.17, 15) is 4.79 Å². The van der Waals surface area contributed by atoms with Gasteiger partial charge >= 0.3 is 5.97 Å². The Kier molecular flexibility index (Phi) is 4.18. The molecule has 0 fully saturated rings. The number of oxazole rings is 1. The fourth-order valence-electron chi connectivity index (χ4n) is 4.04. The molecule has 3 aromatic rings. The summed E-state index contributed by atoms with van der Waals surface area (Å²) in [6.07, 6.45) is 4.09. The van der Waals surface area contributed by atoms with Gasteiger partial charge in [-0.1, -0.05) is 39.8 Å². The quantitative estimate of drug-likeness (QED) is 0.605. The second-order valence-corrected chi connectivity index (χ2v) is 8.94. The number of carboxylic acids is 1. The van der Waals surface area contributed by atoms with Gasteiger partial charge in [-0.2, -0.15) is 0 Å². The van der Waals surface area contributed by atoms with Crippen LogP contribution in [0.5, 0.6) is 0 Å². The van der Waals surface area contributed by atoms with Crippen LogP contribution in [0, 0.1) is 0 Å². The summed E-state index contributed by atoms with van der Waals surface area (Å²) in [6.45, 7) is 9.24. The second kappa shape index (κ2) is 6.33. The van der Waals surface area contributed by atoms with E-state index in [1.807, 2.05) is 0 Å². The predicted octanol–water partition coefficient (Wildman–Crippen LogP) is 6.06. The van der Waals surface area contributed by atoms with Gasteiger partial charge in [0.15, 0.2) is 5.76 Å². The number of benzene rings is 2. The summed E-state index contributed by atoms with van der Waals surface area (Å²) in [7, 11) is 0. The minimum absolute atomic E-state index is 0.135. The third-order valence-corrected chi connectivity index (χ3v) is 6.02. The fourth-order valence-corrected chi connectivity index (χ4v) is 4.04. The first kappa shape index (κ1) is 18.5. The molecule has 144 valence electrons. The van der Waals surface area contributed by atoms with Gasteiger partial charge < -0.3 is 9.52 Å². The molecule has 0 saturated carbocycles. The van der Waals surface area contributed by atoms with Gasteiger partial charge in [0.2, 0.25) is 5.89 Å². The SMILES string of the molecule is CC1(C)CCC(C)(C)c2cc(-c3cnc(-c4ccc(C(=O)O)cc4)o3)ccc21. The highest BCUT2D eigenvalue weighted by atomic mass is 16.4. The fraction of sp³-hybridized carbons (Fsp3) is 0.333. The topological polar surface area (TPSA) is 63.3 Å². The van der Waals surface area contributed by atoms with E-state index in [1.165, 1.54) is 17.5 Å². The molecule has 0 radical (unpaired) electrons. The molecule has 4 heteroatoms. The molecule has 0 amide bonds. The van der Waals surface area contributed by atoms with Crippen molar-refractivity contribution in [1.29, 1.82) is 0 Å². The molecule has 4 rings (SSSR count). The zero-order valence-electron chi connectivity index (χ0n) is 16.7. The summed E-state index contributed by atoms with van der Waals surface area (Å²) in [5.74, 6) is 0.266. The van der Waals surface area contributed by atoms with Crippen LogP contribution in [0.25, 0.3) is 22.8 Å². The van der Waals surface area contributed by atoms with Crippen molar-refractivity contribution in [3.8, 4) is 22.8 Å². The average molecular weight is 375 g/mol. The zero-order chi connectivity index (χ0) is 20.1. The lowest BCUT2D eigenvalue weighted by molar-refractivity contribution is 0.0697. The summed E-state index contributed by atoms with van der Waals surface area (Å²) < 4.78 is 6.01. The molecule has 0 unspecified atom stereocenters. The number of hydrogen-bond donors (Lipinski definition) is 1. The molecule has 0 aliphatic heterocycles. The molecule has 28 heavy (non-hydrogen) atoms. The molecular weight excluding hydrogens is 350 g/mol. The first-order chi connectivity index (χ1) is 13.2. The highest BCUT2D eigenvalue weighted by Crippen LogP contribution is 2.46. The van der Waals surface area contributed by atoms with E-state index in [1.54, 1.807) is 30.5 Å². The zero-order valence-corrected chi connectivity index (χ0v) is 16.7. The second-order valence-electron chi connectivity index (χ2n) is 8.94. The maximum absolute atomic E-state index is 11.0. The smallest absolute Gasteiger partial charge is 0.335 e. The first-order valence-electron chi connectivity index (χ1n) is 9.62. The molecule has 1 aromatic heterocycles. The van der Waals surface area contributed by atoms with Crippen molar-refractivity contribution in [2.24, 2.45) is 0 Å². The highest BCUT2D eigenvalue weighted by Gasteiger charge is 2.37. The molecular formula is C24H25NO3. The molecule has 1 aliphatic rings. The van der Waals surface area contributed by atoms with Gasteiger partial charge in [0.1, 0.15) is 0 Å². The van der Waals surface area contributed by atoms with E-state index in [4.69, 9.17) is 9.52 Å². The summed E-state index contributed by atoms with van der Waals surface area (Å²) >= 11 is 0. The summed E-state index contributed by atoms with van der Waals surface area (Å²) in [4.78, 5) is 15.4. The molecule has 0 atom stereocenters. The predicted molar refractivity (Wildman–Crippen MR) is 110 cm³/mol. The van der Waals surface area contributed by atoms with Crippen molar-refractivity contribution in [3.05, 3.63) is 65.4 Å². The van der Waals surface area contributed by atoms with E-state index in [2.05, 4.69) is 50.9 Å². The van der Waals surface area contributed by atoms with E-state index >= 15 is 0 Å². The third kappa shape index (κ3) is 3.13. The molecule has 1 heterocycles. The molecule has 4 nitrogen and oxygen atoms in total. The van der Waals surface area contributed by atoms with Crippen LogP contribution in [0.4, 0.5) is 0 Å². The van der Waals surface area contributed by atoms with Crippen molar-refractivity contribution in [2.45, 2.75) is 51.4 Å². The summed E-state index contributed by atoms with van der Waals surface area (Å²) in [6, 6.07) is 13.1. The highest BCUT2D eigenvalue weighted by molar-refractivity contribution is 5.88. The lowest BCUT2D eigenvalue weighted by atomic mass is 9.63. The molecule has 2 aromatic carbocycles. The van der Waals surface area contributed by atoms with E-state index < -0.39 is 5.97 Å². The van der Waals surface area contributed by atoms with Crippen molar-refractivity contribution in [2.75, 3.05) is 0 Å². The molecule has 0 bridgehead atoms. The van der Waals surface area contributed by atoms with Gasteiger partial charge in [0.05, 0.1) is 11.8 Å². The summed E-state index contributed by atoms with van der Waals surface area (Å²) in [5.41, 5.74) is 5.13. The van der Waals surface area contributed by atoms with E-state index in [0.29, 0.717) is 5.89 Å².